The van der Waals surface area contributed by atoms with Crippen LogP contribution in [0.25, 0.3) is 11.3 Å². The third-order valence-corrected chi connectivity index (χ3v) is 5.05. The second-order valence-electron chi connectivity index (χ2n) is 5.46. The van der Waals surface area contributed by atoms with E-state index in [9.17, 15) is 9.18 Å². The number of amides is 1. The van der Waals surface area contributed by atoms with Crippen LogP contribution in [0.4, 0.5) is 4.39 Å². The largest absolute Gasteiger partial charge is 0.316 e. The molecule has 3 aromatic rings. The van der Waals surface area contributed by atoms with Crippen LogP contribution in [0.3, 0.4) is 0 Å². The van der Waals surface area contributed by atoms with Crippen molar-refractivity contribution >= 4 is 28.8 Å². The average Bonchev–Trinajstić information content (AvgIpc) is 2.91. The van der Waals surface area contributed by atoms with Gasteiger partial charge < -0.3 is 4.57 Å². The highest BCUT2D eigenvalue weighted by Gasteiger charge is 2.13. The molecule has 3 rings (SSSR count). The van der Waals surface area contributed by atoms with E-state index in [-0.39, 0.29) is 11.7 Å². The first-order chi connectivity index (χ1) is 12.0. The first kappa shape index (κ1) is 17.6. The van der Waals surface area contributed by atoms with Crippen molar-refractivity contribution in [2.75, 3.05) is 0 Å². The number of rotatable bonds is 3. The van der Waals surface area contributed by atoms with E-state index in [1.807, 2.05) is 42.7 Å². The molecular weight excluding hydrogens is 359 g/mol. The van der Waals surface area contributed by atoms with Crippen LogP contribution >= 0.6 is 22.9 Å². The number of aromatic nitrogens is 1. The number of benzene rings is 2. The van der Waals surface area contributed by atoms with Crippen molar-refractivity contribution in [3.8, 4) is 11.3 Å². The molecule has 0 saturated heterocycles. The summed E-state index contributed by atoms with van der Waals surface area (Å²) in [5, 5.41) is 0.677. The summed E-state index contributed by atoms with van der Waals surface area (Å²) in [5.74, 6) is -0.761. The molecule has 0 fully saturated rings. The topological polar surface area (TPSA) is 34.4 Å². The number of halogens is 2. The molecule has 0 radical (unpaired) electrons. The first-order valence-electron chi connectivity index (χ1n) is 7.80. The number of hydrogen-bond donors (Lipinski definition) is 0. The summed E-state index contributed by atoms with van der Waals surface area (Å²) >= 11 is 7.43. The zero-order valence-corrected chi connectivity index (χ0v) is 15.4. The summed E-state index contributed by atoms with van der Waals surface area (Å²) in [4.78, 5) is 18.3. The molecule has 2 aromatic carbocycles. The zero-order valence-electron chi connectivity index (χ0n) is 13.8. The van der Waals surface area contributed by atoms with Gasteiger partial charge in [0.05, 0.1) is 5.69 Å². The lowest BCUT2D eigenvalue weighted by Gasteiger charge is -2.07. The Bertz CT molecular complexity index is 972. The molecule has 0 aliphatic rings. The zero-order chi connectivity index (χ0) is 18.0. The minimum atomic E-state index is -0.383. The van der Waals surface area contributed by atoms with Crippen LogP contribution in [-0.4, -0.2) is 10.5 Å². The van der Waals surface area contributed by atoms with Gasteiger partial charge in [-0.05, 0) is 55.8 Å². The van der Waals surface area contributed by atoms with Crippen LogP contribution in [0, 0.1) is 12.7 Å². The predicted octanol–water partition coefficient (Wildman–Crippen LogP) is 5.08. The Morgan fingerprint density at radius 3 is 2.40 bits per heavy atom. The first-order valence-corrected chi connectivity index (χ1v) is 9.00. The van der Waals surface area contributed by atoms with Crippen LogP contribution in [0.15, 0.2) is 53.5 Å². The van der Waals surface area contributed by atoms with Gasteiger partial charge in [-0.3, -0.25) is 4.79 Å². The molecule has 25 heavy (non-hydrogen) atoms. The van der Waals surface area contributed by atoms with Gasteiger partial charge in [0, 0.05) is 22.0 Å². The van der Waals surface area contributed by atoms with E-state index in [1.165, 1.54) is 35.6 Å². The molecule has 6 heteroatoms. The SMILES string of the molecule is CCn1c(-c2ccc(Cl)cc2)c(C)sc1=NC(=O)c1ccc(F)cc1. The maximum Gasteiger partial charge on any atom is 0.279 e. The average molecular weight is 375 g/mol. The van der Waals surface area contributed by atoms with Crippen LogP contribution in [0.2, 0.25) is 5.02 Å². The van der Waals surface area contributed by atoms with Crippen molar-refractivity contribution in [1.29, 1.82) is 0 Å². The van der Waals surface area contributed by atoms with E-state index >= 15 is 0 Å². The Labute approximate surface area is 154 Å². The lowest BCUT2D eigenvalue weighted by molar-refractivity contribution is 0.0998. The highest BCUT2D eigenvalue weighted by molar-refractivity contribution is 7.09. The summed E-state index contributed by atoms with van der Waals surface area (Å²) in [5.41, 5.74) is 2.41. The molecule has 0 spiro atoms. The number of nitrogens with zero attached hydrogens (tertiary/aromatic N) is 2. The third kappa shape index (κ3) is 3.72. The molecule has 1 aromatic heterocycles. The fraction of sp³-hybridized carbons (Fsp3) is 0.158. The van der Waals surface area contributed by atoms with Gasteiger partial charge in [-0.15, -0.1) is 11.3 Å². The van der Waals surface area contributed by atoms with Gasteiger partial charge >= 0.3 is 0 Å². The van der Waals surface area contributed by atoms with Crippen LogP contribution in [-0.2, 0) is 6.54 Å². The Balaban J connectivity index is 2.08. The highest BCUT2D eigenvalue weighted by atomic mass is 35.5. The maximum absolute atomic E-state index is 13.0. The maximum atomic E-state index is 13.0. The second-order valence-corrected chi connectivity index (χ2v) is 7.08. The number of thiazole rings is 1. The lowest BCUT2D eigenvalue weighted by atomic mass is 10.1. The highest BCUT2D eigenvalue weighted by Crippen LogP contribution is 2.26. The van der Waals surface area contributed by atoms with Gasteiger partial charge in [0.1, 0.15) is 5.82 Å². The summed E-state index contributed by atoms with van der Waals surface area (Å²) in [6.45, 7) is 4.69. The molecule has 128 valence electrons. The number of carbonyl (C=O) groups excluding carboxylic acids is 1. The van der Waals surface area contributed by atoms with E-state index in [1.54, 1.807) is 0 Å². The van der Waals surface area contributed by atoms with Gasteiger partial charge in [-0.2, -0.15) is 4.99 Å². The number of hydrogen-bond acceptors (Lipinski definition) is 2. The van der Waals surface area contributed by atoms with Crippen molar-refractivity contribution < 1.29 is 9.18 Å². The normalized spacial score (nSPS) is 11.8. The molecule has 0 bridgehead atoms. The molecule has 0 unspecified atom stereocenters. The predicted molar refractivity (Wildman–Crippen MR) is 99.5 cm³/mol. The molecule has 1 amide bonds. The minimum Gasteiger partial charge on any atom is -0.316 e. The lowest BCUT2D eigenvalue weighted by Crippen LogP contribution is -2.17. The van der Waals surface area contributed by atoms with Crippen LogP contribution in [0.1, 0.15) is 22.2 Å². The van der Waals surface area contributed by atoms with E-state index in [4.69, 9.17) is 11.6 Å². The van der Waals surface area contributed by atoms with Gasteiger partial charge in [0.25, 0.3) is 5.91 Å². The minimum absolute atomic E-state index is 0.364. The standard InChI is InChI=1S/C19H16ClFN2OS/c1-3-23-17(13-4-8-15(20)9-5-13)12(2)25-19(23)22-18(24)14-6-10-16(21)11-7-14/h4-11H,3H2,1-2H3. The van der Waals surface area contributed by atoms with Crippen LogP contribution < -0.4 is 4.80 Å². The van der Waals surface area contributed by atoms with E-state index in [2.05, 4.69) is 4.99 Å². The Morgan fingerprint density at radius 1 is 1.16 bits per heavy atom. The van der Waals surface area contributed by atoms with Gasteiger partial charge in [0.2, 0.25) is 0 Å². The second kappa shape index (κ2) is 7.33. The van der Waals surface area contributed by atoms with Crippen LogP contribution in [0.5, 0.6) is 0 Å². The van der Waals surface area contributed by atoms with Gasteiger partial charge in [-0.25, -0.2) is 4.39 Å². The molecular formula is C19H16ClFN2OS. The van der Waals surface area contributed by atoms with E-state index < -0.39 is 0 Å². The van der Waals surface area contributed by atoms with Crippen molar-refractivity contribution in [3.63, 3.8) is 0 Å². The number of carbonyl (C=O) groups is 1. The van der Waals surface area contributed by atoms with Gasteiger partial charge in [0.15, 0.2) is 4.80 Å². The van der Waals surface area contributed by atoms with Crippen molar-refractivity contribution in [3.05, 3.63) is 74.6 Å². The smallest absolute Gasteiger partial charge is 0.279 e. The molecule has 3 nitrogen and oxygen atoms in total. The van der Waals surface area contributed by atoms with E-state index in [0.717, 1.165) is 16.1 Å². The molecule has 0 atom stereocenters. The number of aryl methyl sites for hydroxylation is 1. The van der Waals surface area contributed by atoms with Gasteiger partial charge in [-0.1, -0.05) is 23.7 Å². The van der Waals surface area contributed by atoms with Crippen molar-refractivity contribution in [2.45, 2.75) is 20.4 Å². The molecule has 0 N–H and O–H groups in total. The van der Waals surface area contributed by atoms with E-state index in [0.29, 0.717) is 21.9 Å². The Hall–Kier alpha value is -2.24. The van der Waals surface area contributed by atoms with Crippen molar-refractivity contribution in [2.24, 2.45) is 4.99 Å². The third-order valence-electron chi connectivity index (χ3n) is 3.80. The Morgan fingerprint density at radius 2 is 1.80 bits per heavy atom. The summed E-state index contributed by atoms with van der Waals surface area (Å²) in [7, 11) is 0. The summed E-state index contributed by atoms with van der Waals surface area (Å²) in [6.07, 6.45) is 0. The Kier molecular flexibility index (Phi) is 5.16. The fourth-order valence-corrected chi connectivity index (χ4v) is 3.80. The molecule has 1 heterocycles. The quantitative estimate of drug-likeness (QED) is 0.629. The summed E-state index contributed by atoms with van der Waals surface area (Å²) in [6, 6.07) is 13.0. The summed E-state index contributed by atoms with van der Waals surface area (Å²) < 4.78 is 15.0. The van der Waals surface area contributed by atoms with Crippen molar-refractivity contribution in [1.82, 2.24) is 4.57 Å². The monoisotopic (exact) mass is 374 g/mol. The molecule has 0 aliphatic heterocycles. The fourth-order valence-electron chi connectivity index (χ4n) is 2.61. The molecule has 0 aliphatic carbocycles. The molecule has 0 saturated carbocycles.